The number of rotatable bonds is 7. The van der Waals surface area contributed by atoms with Crippen molar-refractivity contribution in [1.29, 1.82) is 0 Å². The van der Waals surface area contributed by atoms with Crippen molar-refractivity contribution in [1.82, 2.24) is 9.13 Å². The van der Waals surface area contributed by atoms with Crippen molar-refractivity contribution in [3.05, 3.63) is 269 Å². The number of nitrogens with zero attached hydrogens (tertiary/aromatic N) is 3. The SMILES string of the molecule is O=c1c2ccccc2n(-c2cccc(-c3ccc(N(c4ccc(-c5cccc(-n6c7ccccc7c(=O)c7ccccc76)c5)cc4)c4cc5ccccc5c5ccccc45)cc3)c2)c2ccccc12. The van der Waals surface area contributed by atoms with Gasteiger partial charge >= 0.3 is 0 Å². The second kappa shape index (κ2) is 16.2. The normalized spacial score (nSPS) is 11.6. The number of benzene rings is 11. The average Bonchev–Trinajstić information content (AvgIpc) is 3.42. The molecule has 5 nitrogen and oxygen atoms in total. The van der Waals surface area contributed by atoms with Gasteiger partial charge in [-0.05, 0) is 142 Å². The quantitative estimate of drug-likeness (QED) is 0.118. The predicted octanol–water partition coefficient (Wildman–Crippen LogP) is 15.7. The van der Waals surface area contributed by atoms with Gasteiger partial charge in [0.2, 0.25) is 0 Å². The van der Waals surface area contributed by atoms with Crippen LogP contribution in [0.3, 0.4) is 0 Å². The minimum atomic E-state index is 0.0438. The number of hydrogen-bond donors (Lipinski definition) is 0. The molecule has 0 saturated carbocycles. The van der Waals surface area contributed by atoms with E-state index < -0.39 is 0 Å². The molecule has 0 N–H and O–H groups in total. The van der Waals surface area contributed by atoms with Crippen molar-refractivity contribution in [3.8, 4) is 33.6 Å². The molecule has 324 valence electrons. The van der Waals surface area contributed by atoms with Gasteiger partial charge in [0.25, 0.3) is 0 Å². The summed E-state index contributed by atoms with van der Waals surface area (Å²) in [6.07, 6.45) is 0. The van der Waals surface area contributed by atoms with Gasteiger partial charge in [0.05, 0.1) is 27.8 Å². The Kier molecular flexibility index (Phi) is 9.41. The second-order valence-electron chi connectivity index (χ2n) is 17.6. The van der Waals surface area contributed by atoms with Crippen LogP contribution in [-0.4, -0.2) is 9.13 Å². The number of para-hydroxylation sites is 4. The van der Waals surface area contributed by atoms with Crippen LogP contribution in [0.2, 0.25) is 0 Å². The third kappa shape index (κ3) is 6.63. The summed E-state index contributed by atoms with van der Waals surface area (Å²) >= 11 is 0. The van der Waals surface area contributed by atoms with E-state index in [0.717, 1.165) is 78.1 Å². The highest BCUT2D eigenvalue weighted by Gasteiger charge is 2.19. The van der Waals surface area contributed by atoms with Gasteiger partial charge in [0.1, 0.15) is 0 Å². The van der Waals surface area contributed by atoms with Crippen molar-refractivity contribution in [3.63, 3.8) is 0 Å². The Morgan fingerprint density at radius 3 is 1.07 bits per heavy atom. The smallest absolute Gasteiger partial charge is 0.197 e. The van der Waals surface area contributed by atoms with E-state index in [1.807, 2.05) is 97.1 Å². The van der Waals surface area contributed by atoms with Crippen LogP contribution in [0.5, 0.6) is 0 Å². The Balaban J connectivity index is 0.922. The molecule has 0 spiro atoms. The van der Waals surface area contributed by atoms with Gasteiger partial charge in [0.15, 0.2) is 10.9 Å². The zero-order valence-electron chi connectivity index (χ0n) is 37.3. The molecule has 0 saturated heterocycles. The molecule has 69 heavy (non-hydrogen) atoms. The van der Waals surface area contributed by atoms with E-state index in [4.69, 9.17) is 0 Å². The van der Waals surface area contributed by atoms with Crippen molar-refractivity contribution >= 4 is 82.2 Å². The molecule has 0 fully saturated rings. The molecule has 0 aliphatic carbocycles. The van der Waals surface area contributed by atoms with Crippen molar-refractivity contribution in [2.24, 2.45) is 0 Å². The summed E-state index contributed by atoms with van der Waals surface area (Å²) in [7, 11) is 0. The highest BCUT2D eigenvalue weighted by Crippen LogP contribution is 2.43. The third-order valence-electron chi connectivity index (χ3n) is 13.7. The van der Waals surface area contributed by atoms with E-state index in [9.17, 15) is 9.59 Å². The van der Waals surface area contributed by atoms with Crippen molar-refractivity contribution in [2.75, 3.05) is 4.90 Å². The van der Waals surface area contributed by atoms with Crippen molar-refractivity contribution in [2.45, 2.75) is 0 Å². The highest BCUT2D eigenvalue weighted by atomic mass is 16.1. The number of anilines is 3. The summed E-state index contributed by atoms with van der Waals surface area (Å²) in [5, 5.41) is 7.53. The van der Waals surface area contributed by atoms with E-state index >= 15 is 0 Å². The second-order valence-corrected chi connectivity index (χ2v) is 17.6. The standard InChI is InChI=1S/C64H41N3O2/c68-63-54-23-5-9-27-58(54)66(59-28-10-6-24-55(59)63)49-18-13-16-44(39-49)42-31-35-47(36-32-42)65(62-41-46-15-1-2-20-51(46)52-21-3-4-22-53(52)62)48-37-33-43(34-38-48)45-17-14-19-50(40-45)67-60-29-11-7-25-56(60)64(69)57-26-8-12-30-61(57)67/h1-41H. The van der Waals surface area contributed by atoms with Crippen LogP contribution in [0.15, 0.2) is 258 Å². The molecule has 11 aromatic carbocycles. The van der Waals surface area contributed by atoms with E-state index in [-0.39, 0.29) is 10.9 Å². The molecular weight excluding hydrogens is 843 g/mol. The summed E-state index contributed by atoms with van der Waals surface area (Å²) in [6.45, 7) is 0. The molecule has 0 bridgehead atoms. The zero-order valence-corrected chi connectivity index (χ0v) is 37.3. The van der Waals surface area contributed by atoms with Gasteiger partial charge in [-0.25, -0.2) is 0 Å². The van der Waals surface area contributed by atoms with Gasteiger partial charge in [-0.15, -0.1) is 0 Å². The summed E-state index contributed by atoms with van der Waals surface area (Å²) in [6, 6.07) is 85.9. The van der Waals surface area contributed by atoms with Crippen molar-refractivity contribution < 1.29 is 0 Å². The van der Waals surface area contributed by atoms with Crippen LogP contribution < -0.4 is 15.8 Å². The summed E-state index contributed by atoms with van der Waals surface area (Å²) in [5.74, 6) is 0. The van der Waals surface area contributed by atoms with Gasteiger partial charge in [-0.3, -0.25) is 9.59 Å². The lowest BCUT2D eigenvalue weighted by Crippen LogP contribution is -2.11. The molecule has 0 aliphatic rings. The predicted molar refractivity (Wildman–Crippen MR) is 288 cm³/mol. The molecule has 2 aromatic heterocycles. The fourth-order valence-electron chi connectivity index (χ4n) is 10.5. The number of hydrogen-bond acceptors (Lipinski definition) is 3. The Morgan fingerprint density at radius 1 is 0.275 bits per heavy atom. The molecule has 0 amide bonds. The molecule has 0 radical (unpaired) electrons. The largest absolute Gasteiger partial charge is 0.310 e. The van der Waals surface area contributed by atoms with Gasteiger partial charge in [-0.1, -0.05) is 146 Å². The first kappa shape index (κ1) is 40.0. The summed E-state index contributed by atoms with van der Waals surface area (Å²) < 4.78 is 4.40. The Hall–Kier alpha value is -9.32. The lowest BCUT2D eigenvalue weighted by Gasteiger charge is -2.28. The van der Waals surface area contributed by atoms with E-state index in [0.29, 0.717) is 21.5 Å². The molecule has 13 aromatic rings. The summed E-state index contributed by atoms with van der Waals surface area (Å²) in [5.41, 5.74) is 13.0. The van der Waals surface area contributed by atoms with Crippen LogP contribution in [0.1, 0.15) is 0 Å². The lowest BCUT2D eigenvalue weighted by molar-refractivity contribution is 1.16. The Labute approximate surface area is 397 Å². The molecule has 13 rings (SSSR count). The van der Waals surface area contributed by atoms with E-state index in [1.165, 1.54) is 16.2 Å². The molecule has 0 unspecified atom stereocenters. The minimum Gasteiger partial charge on any atom is -0.310 e. The fourth-order valence-corrected chi connectivity index (χ4v) is 10.5. The molecule has 0 atom stereocenters. The van der Waals surface area contributed by atoms with Crippen LogP contribution in [0, 0.1) is 0 Å². The maximum atomic E-state index is 13.6. The topological polar surface area (TPSA) is 47.2 Å². The molecular formula is C64H41N3O2. The maximum Gasteiger partial charge on any atom is 0.197 e. The number of fused-ring (bicyclic) bond motifs is 7. The first-order chi connectivity index (χ1) is 34.1. The van der Waals surface area contributed by atoms with Crippen LogP contribution in [0.4, 0.5) is 17.1 Å². The summed E-state index contributed by atoms with van der Waals surface area (Å²) in [4.78, 5) is 29.5. The van der Waals surface area contributed by atoms with E-state index in [2.05, 4.69) is 166 Å². The van der Waals surface area contributed by atoms with Crippen LogP contribution >= 0.6 is 0 Å². The number of pyridine rings is 2. The Morgan fingerprint density at radius 2 is 0.638 bits per heavy atom. The first-order valence-electron chi connectivity index (χ1n) is 23.2. The van der Waals surface area contributed by atoms with Gasteiger partial charge in [-0.2, -0.15) is 0 Å². The average molecular weight is 884 g/mol. The Bertz CT molecular complexity index is 3960. The van der Waals surface area contributed by atoms with E-state index in [1.54, 1.807) is 0 Å². The molecule has 5 heteroatoms. The van der Waals surface area contributed by atoms with Crippen LogP contribution in [-0.2, 0) is 0 Å². The zero-order chi connectivity index (χ0) is 46.0. The third-order valence-corrected chi connectivity index (χ3v) is 13.7. The maximum absolute atomic E-state index is 13.6. The first-order valence-corrected chi connectivity index (χ1v) is 23.2. The fraction of sp³-hybridized carbons (Fsp3) is 0. The minimum absolute atomic E-state index is 0.0438. The molecule has 0 aliphatic heterocycles. The highest BCUT2D eigenvalue weighted by molar-refractivity contribution is 6.14. The molecule has 2 heterocycles. The number of aromatic nitrogens is 2. The monoisotopic (exact) mass is 883 g/mol. The van der Waals surface area contributed by atoms with Crippen LogP contribution in [0.25, 0.3) is 98.8 Å². The van der Waals surface area contributed by atoms with Gasteiger partial charge < -0.3 is 14.0 Å². The lowest BCUT2D eigenvalue weighted by atomic mass is 9.98. The van der Waals surface area contributed by atoms with Gasteiger partial charge in [0, 0.05) is 49.7 Å².